The number of carbonyl (C=O) groups is 3. The van der Waals surface area contributed by atoms with Crippen molar-refractivity contribution in [1.82, 2.24) is 20.1 Å². The van der Waals surface area contributed by atoms with Gasteiger partial charge >= 0.3 is 6.03 Å². The van der Waals surface area contributed by atoms with Crippen LogP contribution in [0.2, 0.25) is 0 Å². The molecule has 0 spiro atoms. The van der Waals surface area contributed by atoms with Crippen molar-refractivity contribution in [2.75, 3.05) is 18.4 Å². The molecule has 31 heavy (non-hydrogen) atoms. The maximum Gasteiger partial charge on any atom is 0.322 e. The fourth-order valence-electron chi connectivity index (χ4n) is 4.09. The number of anilines is 1. The van der Waals surface area contributed by atoms with Crippen molar-refractivity contribution in [3.05, 3.63) is 53.9 Å². The van der Waals surface area contributed by atoms with Crippen LogP contribution in [0.15, 0.2) is 42.7 Å². The first-order chi connectivity index (χ1) is 15.0. The van der Waals surface area contributed by atoms with Crippen LogP contribution in [0.3, 0.4) is 0 Å². The first kappa shape index (κ1) is 19.3. The second-order valence-electron chi connectivity index (χ2n) is 8.10. The van der Waals surface area contributed by atoms with Crippen LogP contribution in [-0.2, 0) is 22.7 Å². The molecule has 2 fully saturated rings. The van der Waals surface area contributed by atoms with Crippen LogP contribution < -0.4 is 15.4 Å². The topological polar surface area (TPSA) is 104 Å². The molecule has 1 atom stereocenters. The zero-order chi connectivity index (χ0) is 21.4. The minimum absolute atomic E-state index is 0.0383. The molecule has 4 amide bonds. The number of aromatic nitrogens is 1. The predicted octanol–water partition coefficient (Wildman–Crippen LogP) is 1.50. The maximum atomic E-state index is 12.5. The van der Waals surface area contributed by atoms with Crippen molar-refractivity contribution in [1.29, 1.82) is 0 Å². The van der Waals surface area contributed by atoms with E-state index < -0.39 is 6.04 Å². The molecule has 0 radical (unpaired) electrons. The van der Waals surface area contributed by atoms with E-state index in [1.165, 1.54) is 0 Å². The van der Waals surface area contributed by atoms with Crippen LogP contribution in [0.4, 0.5) is 10.5 Å². The summed E-state index contributed by atoms with van der Waals surface area (Å²) in [5.41, 5.74) is 2.88. The van der Waals surface area contributed by atoms with E-state index in [-0.39, 0.29) is 23.9 Å². The lowest BCUT2D eigenvalue weighted by atomic mass is 10.1. The molecule has 3 aliphatic rings. The summed E-state index contributed by atoms with van der Waals surface area (Å²) in [7, 11) is 0. The van der Waals surface area contributed by atoms with Gasteiger partial charge < -0.3 is 25.2 Å². The molecule has 5 rings (SSSR count). The zero-order valence-corrected chi connectivity index (χ0v) is 16.9. The number of nitrogens with zero attached hydrogens (tertiary/aromatic N) is 3. The lowest BCUT2D eigenvalue weighted by Gasteiger charge is -2.40. The summed E-state index contributed by atoms with van der Waals surface area (Å²) in [4.78, 5) is 43.7. The van der Waals surface area contributed by atoms with Crippen LogP contribution in [0.1, 0.15) is 24.0 Å². The summed E-state index contributed by atoms with van der Waals surface area (Å²) < 4.78 is 5.91. The van der Waals surface area contributed by atoms with Gasteiger partial charge in [-0.25, -0.2) is 4.79 Å². The van der Waals surface area contributed by atoms with E-state index in [4.69, 9.17) is 4.74 Å². The van der Waals surface area contributed by atoms with Crippen LogP contribution >= 0.6 is 0 Å². The summed E-state index contributed by atoms with van der Waals surface area (Å²) in [5, 5.41) is 5.61. The third kappa shape index (κ3) is 4.03. The van der Waals surface area contributed by atoms with Crippen molar-refractivity contribution in [2.45, 2.75) is 38.1 Å². The normalized spacial score (nSPS) is 20.1. The van der Waals surface area contributed by atoms with Gasteiger partial charge in [0.15, 0.2) is 0 Å². The molecule has 2 saturated heterocycles. The Morgan fingerprint density at radius 3 is 2.55 bits per heavy atom. The molecule has 160 valence electrons. The smallest absolute Gasteiger partial charge is 0.322 e. The Morgan fingerprint density at radius 1 is 1.06 bits per heavy atom. The van der Waals surface area contributed by atoms with Gasteiger partial charge in [0.1, 0.15) is 17.9 Å². The van der Waals surface area contributed by atoms with E-state index in [1.54, 1.807) is 46.5 Å². The number of ether oxygens (including phenoxy) is 1. The molecule has 2 N–H and O–H groups in total. The first-order valence-corrected chi connectivity index (χ1v) is 10.4. The Kier molecular flexibility index (Phi) is 4.93. The number of hydrogen-bond donors (Lipinski definition) is 2. The average molecular weight is 421 g/mol. The van der Waals surface area contributed by atoms with Crippen molar-refractivity contribution in [3.63, 3.8) is 0 Å². The van der Waals surface area contributed by atoms with E-state index in [2.05, 4.69) is 15.6 Å². The summed E-state index contributed by atoms with van der Waals surface area (Å²) in [6.45, 7) is 2.14. The number of fused-ring (bicyclic) bond motifs is 1. The summed E-state index contributed by atoms with van der Waals surface area (Å²) in [5.74, 6) is 0.581. The van der Waals surface area contributed by atoms with Gasteiger partial charge in [-0.15, -0.1) is 0 Å². The minimum atomic E-state index is -0.393. The number of likely N-dealkylation sites (tertiary alicyclic amines) is 1. The van der Waals surface area contributed by atoms with Crippen LogP contribution in [0, 0.1) is 0 Å². The van der Waals surface area contributed by atoms with Gasteiger partial charge in [0.25, 0.3) is 0 Å². The minimum Gasteiger partial charge on any atom is -0.487 e. The second-order valence-corrected chi connectivity index (χ2v) is 8.10. The number of hydrogen-bond acceptors (Lipinski definition) is 5. The summed E-state index contributed by atoms with van der Waals surface area (Å²) in [6, 6.07) is 8.60. The van der Waals surface area contributed by atoms with Gasteiger partial charge in [-0.05, 0) is 47.9 Å². The number of urea groups is 1. The van der Waals surface area contributed by atoms with E-state index >= 15 is 0 Å². The molecule has 0 bridgehead atoms. The molecule has 0 aliphatic carbocycles. The number of amides is 4. The van der Waals surface area contributed by atoms with Gasteiger partial charge in [0, 0.05) is 37.6 Å². The van der Waals surface area contributed by atoms with E-state index in [0.29, 0.717) is 50.5 Å². The second kappa shape index (κ2) is 7.90. The number of nitrogens with one attached hydrogen (secondary N) is 2. The van der Waals surface area contributed by atoms with Crippen molar-refractivity contribution < 1.29 is 19.1 Å². The third-order valence-electron chi connectivity index (χ3n) is 5.88. The Balaban J connectivity index is 1.08. The lowest BCUT2D eigenvalue weighted by molar-refractivity contribution is -0.142. The Bertz CT molecular complexity index is 994. The maximum absolute atomic E-state index is 12.5. The first-order valence-electron chi connectivity index (χ1n) is 10.4. The van der Waals surface area contributed by atoms with Crippen molar-refractivity contribution >= 4 is 23.5 Å². The quantitative estimate of drug-likeness (QED) is 0.779. The predicted molar refractivity (Wildman–Crippen MR) is 111 cm³/mol. The zero-order valence-electron chi connectivity index (χ0n) is 16.9. The molecule has 9 heteroatoms. The average Bonchev–Trinajstić information content (AvgIpc) is 3.37. The molecular weight excluding hydrogens is 398 g/mol. The highest BCUT2D eigenvalue weighted by Gasteiger charge is 2.38. The summed E-state index contributed by atoms with van der Waals surface area (Å²) in [6.07, 6.45) is 4.44. The van der Waals surface area contributed by atoms with Gasteiger partial charge in [0.2, 0.25) is 11.8 Å². The van der Waals surface area contributed by atoms with E-state index in [0.717, 1.165) is 11.1 Å². The van der Waals surface area contributed by atoms with Crippen LogP contribution in [0.5, 0.6) is 5.75 Å². The number of benzene rings is 1. The number of rotatable bonds is 4. The molecule has 3 aliphatic heterocycles. The van der Waals surface area contributed by atoms with Crippen LogP contribution in [-0.4, -0.2) is 57.9 Å². The Labute approximate surface area is 179 Å². The molecule has 0 unspecified atom stereocenters. The Morgan fingerprint density at radius 2 is 1.84 bits per heavy atom. The fourth-order valence-corrected chi connectivity index (χ4v) is 4.09. The number of pyridine rings is 1. The Hall–Kier alpha value is -3.62. The molecule has 1 aromatic heterocycles. The van der Waals surface area contributed by atoms with E-state index in [9.17, 15) is 14.4 Å². The van der Waals surface area contributed by atoms with Gasteiger partial charge in [-0.3, -0.25) is 14.6 Å². The van der Waals surface area contributed by atoms with E-state index in [1.807, 2.05) is 6.07 Å². The van der Waals surface area contributed by atoms with Gasteiger partial charge in [-0.1, -0.05) is 0 Å². The molecule has 2 aromatic rings. The molecular formula is C22H23N5O4. The number of carbonyl (C=O) groups excluding carboxylic acids is 3. The largest absolute Gasteiger partial charge is 0.487 e. The monoisotopic (exact) mass is 421 g/mol. The van der Waals surface area contributed by atoms with Crippen molar-refractivity contribution in [2.24, 2.45) is 0 Å². The third-order valence-corrected chi connectivity index (χ3v) is 5.88. The summed E-state index contributed by atoms with van der Waals surface area (Å²) >= 11 is 0. The highest BCUT2D eigenvalue weighted by molar-refractivity contribution is 5.91. The highest BCUT2D eigenvalue weighted by Crippen LogP contribution is 2.24. The molecule has 4 heterocycles. The fraction of sp³-hybridized carbons (Fsp3) is 0.364. The highest BCUT2D eigenvalue weighted by atomic mass is 16.5. The molecule has 0 saturated carbocycles. The molecule has 1 aromatic carbocycles. The SMILES string of the molecule is O=C1CC[C@@H](C(=O)N2CC(Oc3ccc(NC(=O)N4Cc5ccncc5C4)cc3)C2)N1. The van der Waals surface area contributed by atoms with Crippen LogP contribution in [0.25, 0.3) is 0 Å². The standard InChI is InChI=1S/C22H23N5O4/c28-20-6-5-19(25-20)21(29)26-12-18(13-26)31-17-3-1-16(2-4-17)24-22(30)27-10-14-7-8-23-9-15(14)11-27/h1-4,7-9,18-19H,5-6,10-13H2,(H,24,30)(H,25,28)/t19-/m0/s1. The van der Waals surface area contributed by atoms with Crippen molar-refractivity contribution in [3.8, 4) is 5.75 Å². The van der Waals surface area contributed by atoms with Gasteiger partial charge in [0.05, 0.1) is 13.1 Å². The lowest BCUT2D eigenvalue weighted by Crippen LogP contribution is -2.59. The van der Waals surface area contributed by atoms with Gasteiger partial charge in [-0.2, -0.15) is 0 Å². The molecule has 9 nitrogen and oxygen atoms in total.